The fourth-order valence-electron chi connectivity index (χ4n) is 5.91. The number of para-hydroxylation sites is 1. The number of hydrogen-bond acceptors (Lipinski definition) is 5. The van der Waals surface area contributed by atoms with E-state index < -0.39 is 73.5 Å². The molecule has 0 bridgehead atoms. The van der Waals surface area contributed by atoms with E-state index in [0.717, 1.165) is 58.6 Å². The lowest BCUT2D eigenvalue weighted by atomic mass is 9.94. The SMILES string of the molecule is C=C(O)c1cc(F)c(-c2cccc(-c3c(-c4cccc5c4OC(F)(F)O5)c4cc(F)ccc4n3S(=O)(=O)c3ccc(C(F)F)cc3)c2)c(F)c1. The molecule has 1 aliphatic heterocycles. The van der Waals surface area contributed by atoms with Gasteiger partial charge in [-0.3, -0.25) is 0 Å². The van der Waals surface area contributed by atoms with Gasteiger partial charge in [-0.25, -0.2) is 34.3 Å². The first-order valence-electron chi connectivity index (χ1n) is 14.5. The van der Waals surface area contributed by atoms with E-state index >= 15 is 8.78 Å². The van der Waals surface area contributed by atoms with Crippen molar-refractivity contribution in [3.8, 4) is 45.0 Å². The van der Waals surface area contributed by atoms with Crippen LogP contribution in [0.3, 0.4) is 0 Å². The molecule has 1 aliphatic rings. The van der Waals surface area contributed by atoms with E-state index in [2.05, 4.69) is 11.3 Å². The number of aromatic nitrogens is 1. The molecule has 0 unspecified atom stereocenters. The molecule has 1 aromatic heterocycles. The zero-order chi connectivity index (χ0) is 35.7. The zero-order valence-corrected chi connectivity index (χ0v) is 25.9. The Morgan fingerprint density at radius 2 is 1.46 bits per heavy atom. The summed E-state index contributed by atoms with van der Waals surface area (Å²) in [4.78, 5) is -0.464. The summed E-state index contributed by atoms with van der Waals surface area (Å²) in [5.41, 5.74) is -2.14. The van der Waals surface area contributed by atoms with Crippen molar-refractivity contribution < 1.29 is 53.7 Å². The van der Waals surface area contributed by atoms with Crippen molar-refractivity contribution in [2.24, 2.45) is 0 Å². The lowest BCUT2D eigenvalue weighted by Gasteiger charge is -2.16. The standard InChI is InChI=1S/C36H20F7NO5S/c1-18(45)22-15-27(38)31(28(39)16-22)20-4-2-5-21(14-20)33-32(25-6-3-7-30-34(25)49-36(42,43)48-30)26-17-23(37)10-13-29(26)44(33)50(46,47)24-11-8-19(9-12-24)35(40)41/h2-17,35,45H,1H2. The van der Waals surface area contributed by atoms with E-state index in [-0.39, 0.29) is 44.4 Å². The van der Waals surface area contributed by atoms with Gasteiger partial charge in [-0.2, -0.15) is 0 Å². The van der Waals surface area contributed by atoms with Crippen molar-refractivity contribution in [2.45, 2.75) is 17.6 Å². The van der Waals surface area contributed by atoms with Gasteiger partial charge in [0.1, 0.15) is 23.2 Å². The van der Waals surface area contributed by atoms with Crippen LogP contribution in [0.4, 0.5) is 30.7 Å². The highest BCUT2D eigenvalue weighted by molar-refractivity contribution is 7.90. The van der Waals surface area contributed by atoms with Crippen molar-refractivity contribution in [3.05, 3.63) is 132 Å². The molecule has 6 nitrogen and oxygen atoms in total. The van der Waals surface area contributed by atoms with Crippen LogP contribution in [-0.4, -0.2) is 23.8 Å². The number of halogens is 7. The maximum Gasteiger partial charge on any atom is 0.586 e. The average molecular weight is 712 g/mol. The van der Waals surface area contributed by atoms with E-state index in [1.54, 1.807) is 0 Å². The predicted molar refractivity (Wildman–Crippen MR) is 170 cm³/mol. The monoisotopic (exact) mass is 711 g/mol. The normalized spacial score (nSPS) is 13.7. The van der Waals surface area contributed by atoms with Gasteiger partial charge in [0.25, 0.3) is 16.4 Å². The molecular weight excluding hydrogens is 691 g/mol. The van der Waals surface area contributed by atoms with Crippen molar-refractivity contribution in [2.75, 3.05) is 0 Å². The number of fused-ring (bicyclic) bond motifs is 2. The molecule has 0 atom stereocenters. The van der Waals surface area contributed by atoms with Crippen LogP contribution in [0.1, 0.15) is 17.6 Å². The third-order valence-electron chi connectivity index (χ3n) is 8.05. The van der Waals surface area contributed by atoms with E-state index in [1.807, 2.05) is 0 Å². The number of aliphatic hydroxyl groups is 1. The van der Waals surface area contributed by atoms with Gasteiger partial charge in [0.05, 0.1) is 21.7 Å². The van der Waals surface area contributed by atoms with Crippen molar-refractivity contribution in [3.63, 3.8) is 0 Å². The Kier molecular flexibility index (Phi) is 7.66. The molecule has 14 heteroatoms. The summed E-state index contributed by atoms with van der Waals surface area (Å²) in [6, 6.07) is 17.5. The number of aliphatic hydroxyl groups excluding tert-OH is 1. The average Bonchev–Trinajstić information content (AvgIpc) is 3.57. The van der Waals surface area contributed by atoms with Gasteiger partial charge < -0.3 is 14.6 Å². The number of nitrogens with zero attached hydrogens (tertiary/aromatic N) is 1. The van der Waals surface area contributed by atoms with E-state index in [1.165, 1.54) is 42.5 Å². The summed E-state index contributed by atoms with van der Waals surface area (Å²) < 4.78 is 140. The lowest BCUT2D eigenvalue weighted by molar-refractivity contribution is -0.286. The molecule has 1 N–H and O–H groups in total. The van der Waals surface area contributed by atoms with Gasteiger partial charge in [-0.1, -0.05) is 49.0 Å². The second-order valence-corrected chi connectivity index (χ2v) is 13.0. The van der Waals surface area contributed by atoms with Crippen molar-refractivity contribution in [1.82, 2.24) is 3.97 Å². The molecule has 0 saturated heterocycles. The quantitative estimate of drug-likeness (QED) is 0.132. The van der Waals surface area contributed by atoms with E-state index in [9.17, 15) is 35.5 Å². The van der Waals surface area contributed by atoms with Gasteiger partial charge in [-0.15, -0.1) is 8.78 Å². The summed E-state index contributed by atoms with van der Waals surface area (Å²) in [7, 11) is -4.79. The number of hydrogen-bond donors (Lipinski definition) is 1. The first-order chi connectivity index (χ1) is 23.7. The molecule has 0 radical (unpaired) electrons. The number of alkyl halides is 4. The van der Waals surface area contributed by atoms with Crippen LogP contribution in [0.5, 0.6) is 11.5 Å². The number of rotatable bonds is 7. The van der Waals surface area contributed by atoms with Gasteiger partial charge in [0.2, 0.25) is 0 Å². The molecule has 254 valence electrons. The van der Waals surface area contributed by atoms with Gasteiger partial charge in [0, 0.05) is 33.2 Å². The van der Waals surface area contributed by atoms with Gasteiger partial charge in [0.15, 0.2) is 11.5 Å². The van der Waals surface area contributed by atoms with Crippen LogP contribution in [0, 0.1) is 17.5 Å². The minimum absolute atomic E-state index is 0.0420. The highest BCUT2D eigenvalue weighted by atomic mass is 32.2. The van der Waals surface area contributed by atoms with Crippen molar-refractivity contribution >= 4 is 26.7 Å². The molecule has 0 spiro atoms. The molecule has 0 fully saturated rings. The maximum absolute atomic E-state index is 15.4. The minimum Gasteiger partial charge on any atom is -0.508 e. The summed E-state index contributed by atoms with van der Waals surface area (Å²) in [6.07, 6.45) is -7.01. The Morgan fingerprint density at radius 3 is 2.12 bits per heavy atom. The largest absolute Gasteiger partial charge is 0.586 e. The highest BCUT2D eigenvalue weighted by Crippen LogP contribution is 2.52. The molecule has 0 saturated carbocycles. The van der Waals surface area contributed by atoms with Crippen LogP contribution in [0.25, 0.3) is 50.2 Å². The van der Waals surface area contributed by atoms with Gasteiger partial charge in [-0.05, 0) is 60.2 Å². The van der Waals surface area contributed by atoms with E-state index in [0.29, 0.717) is 0 Å². The predicted octanol–water partition coefficient (Wildman–Crippen LogP) is 10.1. The molecule has 5 aromatic carbocycles. The van der Waals surface area contributed by atoms with Crippen LogP contribution in [0.15, 0.2) is 109 Å². The first kappa shape index (κ1) is 32.8. The van der Waals surface area contributed by atoms with E-state index in [4.69, 9.17) is 4.74 Å². The minimum atomic E-state index is -4.79. The van der Waals surface area contributed by atoms with Crippen molar-refractivity contribution in [1.29, 1.82) is 0 Å². The van der Waals surface area contributed by atoms with Crippen LogP contribution in [-0.2, 0) is 10.0 Å². The van der Waals surface area contributed by atoms with Crippen LogP contribution < -0.4 is 9.47 Å². The van der Waals surface area contributed by atoms with Gasteiger partial charge >= 0.3 is 6.29 Å². The smallest absolute Gasteiger partial charge is 0.508 e. The van der Waals surface area contributed by atoms with Crippen LogP contribution in [0.2, 0.25) is 0 Å². The third kappa shape index (κ3) is 5.41. The Labute approximate surface area is 278 Å². The number of ether oxygens (including phenoxy) is 2. The molecule has 2 heterocycles. The summed E-state index contributed by atoms with van der Waals surface area (Å²) >= 11 is 0. The number of benzene rings is 5. The molecule has 6 aromatic rings. The highest BCUT2D eigenvalue weighted by Gasteiger charge is 2.45. The second-order valence-electron chi connectivity index (χ2n) is 11.2. The topological polar surface area (TPSA) is 77.8 Å². The molecule has 0 aliphatic carbocycles. The summed E-state index contributed by atoms with van der Waals surface area (Å²) in [5, 5.41) is 9.58. The lowest BCUT2D eigenvalue weighted by Crippen LogP contribution is -2.26. The molecule has 0 amide bonds. The van der Waals surface area contributed by atoms with Crippen LogP contribution >= 0.6 is 0 Å². The summed E-state index contributed by atoms with van der Waals surface area (Å²) in [5.74, 6) is -4.55. The maximum atomic E-state index is 15.4. The Hall–Kier alpha value is -5.76. The Balaban J connectivity index is 1.58. The molecule has 7 rings (SSSR count). The fraction of sp³-hybridized carbons (Fsp3) is 0.0556. The zero-order valence-electron chi connectivity index (χ0n) is 25.1. The Bertz CT molecular complexity index is 2460. The third-order valence-corrected chi connectivity index (χ3v) is 9.78. The fourth-order valence-corrected chi connectivity index (χ4v) is 7.46. The first-order valence-corrected chi connectivity index (χ1v) is 16.0. The molecular formula is C36H20F7NO5S. The second kappa shape index (κ2) is 11.7. The molecule has 50 heavy (non-hydrogen) atoms. The summed E-state index contributed by atoms with van der Waals surface area (Å²) in [6.45, 7) is 3.27. The Morgan fingerprint density at radius 1 is 0.800 bits per heavy atom.